The molecule has 1 aliphatic heterocycles. The van der Waals surface area contributed by atoms with E-state index in [2.05, 4.69) is 10.3 Å². The van der Waals surface area contributed by atoms with Gasteiger partial charge in [0.2, 0.25) is 0 Å². The molecule has 1 aromatic heterocycles. The number of carbonyl (C=O) groups is 1. The summed E-state index contributed by atoms with van der Waals surface area (Å²) >= 11 is 0. The summed E-state index contributed by atoms with van der Waals surface area (Å²) in [6, 6.07) is 1.30. The van der Waals surface area contributed by atoms with Crippen LogP contribution in [-0.4, -0.2) is 17.7 Å². The summed E-state index contributed by atoms with van der Waals surface area (Å²) in [4.78, 5) is 16.2. The van der Waals surface area contributed by atoms with Gasteiger partial charge in [0, 0.05) is 6.20 Å². The molecular formula is C7H8N4O. The van der Waals surface area contributed by atoms with E-state index in [4.69, 9.17) is 5.73 Å². The summed E-state index contributed by atoms with van der Waals surface area (Å²) in [7, 11) is 0. The molecule has 2 rings (SSSR count). The van der Waals surface area contributed by atoms with Gasteiger partial charge in [-0.15, -0.1) is 0 Å². The first-order chi connectivity index (χ1) is 5.79. The van der Waals surface area contributed by atoms with Gasteiger partial charge in [-0.05, 0) is 6.07 Å². The average Bonchev–Trinajstić information content (AvgIpc) is 2.47. The maximum atomic E-state index is 10.9. The monoisotopic (exact) mass is 164 g/mol. The van der Waals surface area contributed by atoms with Crippen molar-refractivity contribution in [2.45, 2.75) is 0 Å². The molecular weight excluding hydrogens is 156 g/mol. The molecule has 2 heterocycles. The lowest BCUT2D eigenvalue weighted by molar-refractivity contribution is 0.254. The zero-order chi connectivity index (χ0) is 8.55. The van der Waals surface area contributed by atoms with Crippen molar-refractivity contribution in [1.82, 2.24) is 4.98 Å². The highest BCUT2D eigenvalue weighted by atomic mass is 16.2. The highest BCUT2D eigenvalue weighted by Crippen LogP contribution is 2.28. The number of hydrogen-bond acceptors (Lipinski definition) is 3. The SMILES string of the molecule is NC(=O)N1CNc2cnccc21. The summed E-state index contributed by atoms with van der Waals surface area (Å²) in [6.45, 7) is 0.427. The number of anilines is 2. The van der Waals surface area contributed by atoms with Crippen molar-refractivity contribution in [2.75, 3.05) is 16.9 Å². The van der Waals surface area contributed by atoms with Gasteiger partial charge in [0.1, 0.15) is 0 Å². The number of nitrogens with two attached hydrogens (primary N) is 1. The molecule has 62 valence electrons. The van der Waals surface area contributed by atoms with Crippen molar-refractivity contribution in [3.63, 3.8) is 0 Å². The predicted molar refractivity (Wildman–Crippen MR) is 44.8 cm³/mol. The van der Waals surface area contributed by atoms with Crippen molar-refractivity contribution in [3.8, 4) is 0 Å². The molecule has 0 fully saturated rings. The third-order valence-corrected chi connectivity index (χ3v) is 1.78. The number of amides is 2. The van der Waals surface area contributed by atoms with Crippen LogP contribution in [0.2, 0.25) is 0 Å². The topological polar surface area (TPSA) is 71.2 Å². The molecule has 0 aromatic carbocycles. The third kappa shape index (κ3) is 0.868. The average molecular weight is 164 g/mol. The maximum absolute atomic E-state index is 10.9. The largest absolute Gasteiger partial charge is 0.364 e. The van der Waals surface area contributed by atoms with Crippen LogP contribution in [0.5, 0.6) is 0 Å². The number of hydrogen-bond donors (Lipinski definition) is 2. The molecule has 0 saturated carbocycles. The summed E-state index contributed by atoms with van der Waals surface area (Å²) < 4.78 is 0. The molecule has 12 heavy (non-hydrogen) atoms. The summed E-state index contributed by atoms with van der Waals surface area (Å²) in [5.41, 5.74) is 6.77. The van der Waals surface area contributed by atoms with E-state index < -0.39 is 6.03 Å². The van der Waals surface area contributed by atoms with E-state index in [-0.39, 0.29) is 0 Å². The van der Waals surface area contributed by atoms with Crippen molar-refractivity contribution >= 4 is 17.4 Å². The Kier molecular flexibility index (Phi) is 1.36. The molecule has 2 amide bonds. The highest BCUT2D eigenvalue weighted by molar-refractivity contribution is 5.96. The van der Waals surface area contributed by atoms with Crippen LogP contribution in [-0.2, 0) is 0 Å². The minimum Gasteiger partial charge on any atom is -0.364 e. The Labute approximate surface area is 69.2 Å². The fourth-order valence-corrected chi connectivity index (χ4v) is 1.20. The van der Waals surface area contributed by atoms with E-state index in [1.165, 1.54) is 4.90 Å². The van der Waals surface area contributed by atoms with Crippen molar-refractivity contribution in [1.29, 1.82) is 0 Å². The van der Waals surface area contributed by atoms with Crippen molar-refractivity contribution < 1.29 is 4.79 Å². The van der Waals surface area contributed by atoms with E-state index in [1.807, 2.05) is 0 Å². The summed E-state index contributed by atoms with van der Waals surface area (Å²) in [5.74, 6) is 0. The van der Waals surface area contributed by atoms with Gasteiger partial charge >= 0.3 is 6.03 Å². The smallest absolute Gasteiger partial charge is 0.320 e. The third-order valence-electron chi connectivity index (χ3n) is 1.78. The molecule has 3 N–H and O–H groups in total. The minimum absolute atomic E-state index is 0.427. The number of rotatable bonds is 0. The van der Waals surface area contributed by atoms with E-state index in [1.54, 1.807) is 18.5 Å². The van der Waals surface area contributed by atoms with Crippen molar-refractivity contribution in [3.05, 3.63) is 18.5 Å². The van der Waals surface area contributed by atoms with Crippen LogP contribution < -0.4 is 16.0 Å². The Morgan fingerprint density at radius 1 is 1.75 bits per heavy atom. The van der Waals surface area contributed by atoms with Gasteiger partial charge in [-0.1, -0.05) is 0 Å². The van der Waals surface area contributed by atoms with Gasteiger partial charge in [-0.25, -0.2) is 4.79 Å². The Bertz CT molecular complexity index is 325. The standard InChI is InChI=1S/C7H8N4O/c8-7(12)11-4-10-5-3-9-2-1-6(5)11/h1-3,10H,4H2,(H2,8,12). The van der Waals surface area contributed by atoms with Gasteiger partial charge in [0.15, 0.2) is 0 Å². The Hall–Kier alpha value is -1.78. The fraction of sp³-hybridized carbons (Fsp3) is 0.143. The zero-order valence-electron chi connectivity index (χ0n) is 6.32. The van der Waals surface area contributed by atoms with Crippen LogP contribution >= 0.6 is 0 Å². The number of pyridine rings is 1. The van der Waals surface area contributed by atoms with Crippen LogP contribution in [0, 0.1) is 0 Å². The first kappa shape index (κ1) is 6.90. The maximum Gasteiger partial charge on any atom is 0.320 e. The molecule has 1 aliphatic rings. The first-order valence-corrected chi connectivity index (χ1v) is 3.54. The number of carbonyl (C=O) groups excluding carboxylic acids is 1. The van der Waals surface area contributed by atoms with Gasteiger partial charge in [0.25, 0.3) is 0 Å². The molecule has 0 spiro atoms. The molecule has 0 atom stereocenters. The number of primary amides is 1. The van der Waals surface area contributed by atoms with Crippen LogP contribution in [0.25, 0.3) is 0 Å². The molecule has 0 bridgehead atoms. The lowest BCUT2D eigenvalue weighted by atomic mass is 10.3. The Morgan fingerprint density at radius 3 is 3.33 bits per heavy atom. The Morgan fingerprint density at radius 2 is 2.58 bits per heavy atom. The lowest BCUT2D eigenvalue weighted by Crippen LogP contribution is -2.35. The lowest BCUT2D eigenvalue weighted by Gasteiger charge is -2.10. The van der Waals surface area contributed by atoms with Crippen LogP contribution in [0.3, 0.4) is 0 Å². The number of urea groups is 1. The minimum atomic E-state index is -0.451. The van der Waals surface area contributed by atoms with Crippen LogP contribution in [0.1, 0.15) is 0 Å². The van der Waals surface area contributed by atoms with Crippen LogP contribution in [0.4, 0.5) is 16.2 Å². The van der Waals surface area contributed by atoms with Gasteiger partial charge < -0.3 is 11.1 Å². The summed E-state index contributed by atoms with van der Waals surface area (Å²) in [5, 5.41) is 2.99. The summed E-state index contributed by atoms with van der Waals surface area (Å²) in [6.07, 6.45) is 3.29. The molecule has 0 aliphatic carbocycles. The number of fused-ring (bicyclic) bond motifs is 1. The van der Waals surface area contributed by atoms with Crippen molar-refractivity contribution in [2.24, 2.45) is 5.73 Å². The fourth-order valence-electron chi connectivity index (χ4n) is 1.20. The van der Waals surface area contributed by atoms with E-state index in [0.29, 0.717) is 6.67 Å². The molecule has 5 nitrogen and oxygen atoms in total. The van der Waals surface area contributed by atoms with E-state index in [9.17, 15) is 4.79 Å². The number of nitrogens with one attached hydrogen (secondary N) is 1. The quantitative estimate of drug-likeness (QED) is 0.581. The Balaban J connectivity index is 2.42. The zero-order valence-corrected chi connectivity index (χ0v) is 6.32. The molecule has 0 radical (unpaired) electrons. The van der Waals surface area contributed by atoms with E-state index in [0.717, 1.165) is 11.4 Å². The molecule has 1 aromatic rings. The normalized spacial score (nSPS) is 13.8. The molecule has 0 saturated heterocycles. The second kappa shape index (κ2) is 2.37. The predicted octanol–water partition coefficient (Wildman–Crippen LogP) is 0.350. The van der Waals surface area contributed by atoms with Gasteiger partial charge in [-0.3, -0.25) is 9.88 Å². The van der Waals surface area contributed by atoms with E-state index >= 15 is 0 Å². The number of nitrogens with zero attached hydrogens (tertiary/aromatic N) is 2. The molecule has 5 heteroatoms. The second-order valence-electron chi connectivity index (χ2n) is 2.49. The van der Waals surface area contributed by atoms with Gasteiger partial charge in [0.05, 0.1) is 24.2 Å². The van der Waals surface area contributed by atoms with Gasteiger partial charge in [-0.2, -0.15) is 0 Å². The second-order valence-corrected chi connectivity index (χ2v) is 2.49. The molecule has 0 unspecified atom stereocenters. The van der Waals surface area contributed by atoms with Crippen LogP contribution in [0.15, 0.2) is 18.5 Å². The first-order valence-electron chi connectivity index (χ1n) is 3.54. The highest BCUT2D eigenvalue weighted by Gasteiger charge is 2.21. The number of aromatic nitrogens is 1.